The fourth-order valence-corrected chi connectivity index (χ4v) is 2.34. The number of hydrogen-bond donors (Lipinski definition) is 1. The predicted molar refractivity (Wildman–Crippen MR) is 88.5 cm³/mol. The third-order valence-corrected chi connectivity index (χ3v) is 3.93. The van der Waals surface area contributed by atoms with Crippen LogP contribution in [0.1, 0.15) is 34.9 Å². The monoisotopic (exact) mass is 343 g/mol. The van der Waals surface area contributed by atoms with Gasteiger partial charge in [-0.25, -0.2) is 4.39 Å². The lowest BCUT2D eigenvalue weighted by Gasteiger charge is -2.22. The first-order valence-corrected chi connectivity index (χ1v) is 7.78. The number of nitrogens with zero attached hydrogens (tertiary/aromatic N) is 2. The van der Waals surface area contributed by atoms with Gasteiger partial charge in [-0.2, -0.15) is 5.10 Å². The second kappa shape index (κ2) is 7.21. The van der Waals surface area contributed by atoms with Crippen LogP contribution >= 0.6 is 0 Å². The van der Waals surface area contributed by atoms with Crippen molar-refractivity contribution in [3.05, 3.63) is 71.7 Å². The number of aromatic amines is 1. The van der Waals surface area contributed by atoms with Crippen molar-refractivity contribution in [2.45, 2.75) is 19.6 Å². The lowest BCUT2D eigenvalue weighted by molar-refractivity contribution is 0.0720. The molecule has 3 aromatic rings. The van der Waals surface area contributed by atoms with E-state index >= 15 is 0 Å². The van der Waals surface area contributed by atoms with Gasteiger partial charge in [-0.3, -0.25) is 9.89 Å². The van der Waals surface area contributed by atoms with Crippen LogP contribution in [0.15, 0.2) is 53.1 Å². The van der Waals surface area contributed by atoms with Crippen LogP contribution in [-0.4, -0.2) is 28.1 Å². The first kappa shape index (κ1) is 16.8. The number of carbonyl (C=O) groups is 1. The quantitative estimate of drug-likeness (QED) is 0.743. The fourth-order valence-electron chi connectivity index (χ4n) is 2.34. The Labute approximate surface area is 144 Å². The molecule has 0 radical (unpaired) electrons. The minimum atomic E-state index is -0.440. The first-order chi connectivity index (χ1) is 12.1. The third-order valence-electron chi connectivity index (χ3n) is 3.93. The zero-order valence-electron chi connectivity index (χ0n) is 13.9. The summed E-state index contributed by atoms with van der Waals surface area (Å²) in [7, 11) is 1.68. The maximum absolute atomic E-state index is 13.5. The Hall–Kier alpha value is -3.09. The molecule has 6 nitrogen and oxygen atoms in total. The number of ether oxygens (including phenoxy) is 1. The molecule has 2 aromatic heterocycles. The molecule has 1 amide bonds. The molecule has 1 N–H and O–H groups in total. The van der Waals surface area contributed by atoms with Crippen LogP contribution in [0.5, 0.6) is 5.75 Å². The largest absolute Gasteiger partial charge is 0.484 e. The molecule has 0 saturated carbocycles. The van der Waals surface area contributed by atoms with Crippen molar-refractivity contribution >= 4 is 5.91 Å². The Morgan fingerprint density at radius 1 is 1.36 bits per heavy atom. The van der Waals surface area contributed by atoms with Crippen LogP contribution in [0.25, 0.3) is 0 Å². The molecule has 3 rings (SSSR count). The Balaban J connectivity index is 1.64. The van der Waals surface area contributed by atoms with Crippen molar-refractivity contribution < 1.29 is 18.3 Å². The number of carbonyl (C=O) groups excluding carboxylic acids is 1. The Bertz CT molecular complexity index is 845. The molecule has 0 aliphatic heterocycles. The Morgan fingerprint density at radius 3 is 2.88 bits per heavy atom. The Morgan fingerprint density at radius 2 is 2.16 bits per heavy atom. The summed E-state index contributed by atoms with van der Waals surface area (Å²) in [5.74, 6) is 0.144. The van der Waals surface area contributed by atoms with Gasteiger partial charge in [0.2, 0.25) is 0 Å². The van der Waals surface area contributed by atoms with Crippen molar-refractivity contribution in [3.8, 4) is 5.75 Å². The zero-order chi connectivity index (χ0) is 17.8. The van der Waals surface area contributed by atoms with Gasteiger partial charge in [0.15, 0.2) is 17.3 Å². The molecule has 1 aromatic carbocycles. The highest BCUT2D eigenvalue weighted by molar-refractivity contribution is 5.92. The SMILES string of the molecule is C[C@H](c1ccco1)N(C)C(=O)c1cc(COc2ccccc2F)[nH]n1. The molecule has 7 heteroatoms. The molecular weight excluding hydrogens is 325 g/mol. The number of para-hydroxylation sites is 1. The van der Waals surface area contributed by atoms with E-state index in [2.05, 4.69) is 10.2 Å². The van der Waals surface area contributed by atoms with Gasteiger partial charge in [0, 0.05) is 7.05 Å². The predicted octanol–water partition coefficient (Wildman–Crippen LogP) is 3.55. The fraction of sp³-hybridized carbons (Fsp3) is 0.222. The number of aromatic nitrogens is 2. The van der Waals surface area contributed by atoms with E-state index in [0.29, 0.717) is 11.5 Å². The molecule has 0 aliphatic carbocycles. The van der Waals surface area contributed by atoms with E-state index in [-0.39, 0.29) is 30.0 Å². The molecular formula is C18H18FN3O3. The van der Waals surface area contributed by atoms with E-state index in [1.807, 2.05) is 13.0 Å². The van der Waals surface area contributed by atoms with E-state index in [1.54, 1.807) is 37.6 Å². The number of furan rings is 1. The maximum atomic E-state index is 13.5. The Kier molecular flexibility index (Phi) is 4.83. The van der Waals surface area contributed by atoms with Crippen molar-refractivity contribution in [2.24, 2.45) is 0 Å². The average molecular weight is 343 g/mol. The summed E-state index contributed by atoms with van der Waals surface area (Å²) in [5, 5.41) is 6.75. The maximum Gasteiger partial charge on any atom is 0.274 e. The zero-order valence-corrected chi connectivity index (χ0v) is 13.9. The van der Waals surface area contributed by atoms with Crippen molar-refractivity contribution in [1.29, 1.82) is 0 Å². The second-order valence-electron chi connectivity index (χ2n) is 5.60. The van der Waals surface area contributed by atoms with Gasteiger partial charge in [-0.1, -0.05) is 12.1 Å². The summed E-state index contributed by atoms with van der Waals surface area (Å²) in [6.07, 6.45) is 1.57. The van der Waals surface area contributed by atoms with Gasteiger partial charge in [0.25, 0.3) is 5.91 Å². The van der Waals surface area contributed by atoms with Crippen LogP contribution < -0.4 is 4.74 Å². The summed E-state index contributed by atoms with van der Waals surface area (Å²) in [6.45, 7) is 1.95. The van der Waals surface area contributed by atoms with Crippen molar-refractivity contribution in [2.75, 3.05) is 7.05 Å². The van der Waals surface area contributed by atoms with Gasteiger partial charge in [-0.15, -0.1) is 0 Å². The van der Waals surface area contributed by atoms with Gasteiger partial charge in [0.1, 0.15) is 12.4 Å². The molecule has 2 heterocycles. The minimum Gasteiger partial charge on any atom is -0.484 e. The second-order valence-corrected chi connectivity index (χ2v) is 5.60. The number of hydrogen-bond acceptors (Lipinski definition) is 4. The summed E-state index contributed by atoms with van der Waals surface area (Å²) in [6, 6.07) is 11.1. The molecule has 0 saturated heterocycles. The highest BCUT2D eigenvalue weighted by Crippen LogP contribution is 2.21. The summed E-state index contributed by atoms with van der Waals surface area (Å²) < 4.78 is 24.3. The highest BCUT2D eigenvalue weighted by Gasteiger charge is 2.22. The molecule has 130 valence electrons. The molecule has 0 aliphatic rings. The van der Waals surface area contributed by atoms with Gasteiger partial charge < -0.3 is 14.1 Å². The van der Waals surface area contributed by atoms with Crippen LogP contribution in [0, 0.1) is 5.82 Å². The standard InChI is InChI=1S/C18H18FN3O3/c1-12(16-8-5-9-24-16)22(2)18(23)15-10-13(20-21-15)11-25-17-7-4-3-6-14(17)19/h3-10,12H,11H2,1-2H3,(H,20,21)/t12-/m1/s1. The van der Waals surface area contributed by atoms with Crippen LogP contribution in [0.3, 0.4) is 0 Å². The molecule has 0 unspecified atom stereocenters. The van der Waals surface area contributed by atoms with E-state index in [1.165, 1.54) is 17.0 Å². The number of rotatable bonds is 6. The molecule has 1 atom stereocenters. The topological polar surface area (TPSA) is 71.4 Å². The number of amides is 1. The lowest BCUT2D eigenvalue weighted by atomic mass is 10.2. The van der Waals surface area contributed by atoms with Crippen LogP contribution in [0.4, 0.5) is 4.39 Å². The number of H-pyrrole nitrogens is 1. The van der Waals surface area contributed by atoms with Gasteiger partial charge >= 0.3 is 0 Å². The minimum absolute atomic E-state index is 0.0820. The normalized spacial score (nSPS) is 12.0. The molecule has 0 bridgehead atoms. The highest BCUT2D eigenvalue weighted by atomic mass is 19.1. The molecule has 0 fully saturated rings. The lowest BCUT2D eigenvalue weighted by Crippen LogP contribution is -2.29. The van der Waals surface area contributed by atoms with E-state index < -0.39 is 5.82 Å². The van der Waals surface area contributed by atoms with Crippen LogP contribution in [0.2, 0.25) is 0 Å². The van der Waals surface area contributed by atoms with Crippen LogP contribution in [-0.2, 0) is 6.61 Å². The number of nitrogens with one attached hydrogen (secondary N) is 1. The number of benzene rings is 1. The van der Waals surface area contributed by atoms with Crippen molar-refractivity contribution in [1.82, 2.24) is 15.1 Å². The smallest absolute Gasteiger partial charge is 0.274 e. The van der Waals surface area contributed by atoms with Gasteiger partial charge in [0.05, 0.1) is 18.0 Å². The molecule has 25 heavy (non-hydrogen) atoms. The van der Waals surface area contributed by atoms with Crippen molar-refractivity contribution in [3.63, 3.8) is 0 Å². The van der Waals surface area contributed by atoms with E-state index in [4.69, 9.17) is 9.15 Å². The summed E-state index contributed by atoms with van der Waals surface area (Å²) in [5.41, 5.74) is 0.832. The summed E-state index contributed by atoms with van der Waals surface area (Å²) in [4.78, 5) is 14.1. The third kappa shape index (κ3) is 3.71. The number of halogens is 1. The molecule has 0 spiro atoms. The summed E-state index contributed by atoms with van der Waals surface area (Å²) >= 11 is 0. The van der Waals surface area contributed by atoms with E-state index in [9.17, 15) is 9.18 Å². The first-order valence-electron chi connectivity index (χ1n) is 7.78. The van der Waals surface area contributed by atoms with E-state index in [0.717, 1.165) is 0 Å². The average Bonchev–Trinajstić information content (AvgIpc) is 3.31. The van der Waals surface area contributed by atoms with Gasteiger partial charge in [-0.05, 0) is 37.3 Å².